The lowest BCUT2D eigenvalue weighted by Crippen LogP contribution is -2.63. The molecule has 1 fully saturated rings. The summed E-state index contributed by atoms with van der Waals surface area (Å²) < 4.78 is 5.29. The number of nitrogens with zero attached hydrogens (tertiary/aromatic N) is 5. The van der Waals surface area contributed by atoms with Gasteiger partial charge in [-0.25, -0.2) is 9.79 Å². The maximum Gasteiger partial charge on any atom is 0.328 e. The first-order chi connectivity index (χ1) is 14.5. The van der Waals surface area contributed by atoms with Gasteiger partial charge in [-0.05, 0) is 24.3 Å². The number of ether oxygens (including phenoxy) is 1. The summed E-state index contributed by atoms with van der Waals surface area (Å²) in [5, 5.41) is 0. The van der Waals surface area contributed by atoms with Crippen LogP contribution in [-0.2, 0) is 4.79 Å². The number of rotatable bonds is 3. The van der Waals surface area contributed by atoms with Crippen LogP contribution in [0.25, 0.3) is 5.70 Å². The third-order valence-corrected chi connectivity index (χ3v) is 5.73. The number of likely N-dealkylation sites (N-methyl/N-ethyl adjacent to an activating group) is 2. The number of benzene rings is 2. The lowest BCUT2D eigenvalue weighted by molar-refractivity contribution is -0.135. The number of imide groups is 1. The van der Waals surface area contributed by atoms with Gasteiger partial charge in [-0.15, -0.1) is 0 Å². The van der Waals surface area contributed by atoms with Crippen molar-refractivity contribution >= 4 is 29.3 Å². The van der Waals surface area contributed by atoms with Gasteiger partial charge in [-0.1, -0.05) is 30.3 Å². The van der Waals surface area contributed by atoms with Crippen LogP contribution >= 0.6 is 0 Å². The molecule has 8 heteroatoms. The van der Waals surface area contributed by atoms with E-state index in [1.807, 2.05) is 70.6 Å². The molecule has 0 aromatic heterocycles. The van der Waals surface area contributed by atoms with E-state index in [2.05, 4.69) is 0 Å². The molecule has 5 rings (SSSR count). The van der Waals surface area contributed by atoms with Gasteiger partial charge in [-0.2, -0.15) is 0 Å². The van der Waals surface area contributed by atoms with Gasteiger partial charge in [0.25, 0.3) is 5.91 Å². The van der Waals surface area contributed by atoms with Crippen LogP contribution < -0.4 is 9.64 Å². The maximum atomic E-state index is 13.0. The van der Waals surface area contributed by atoms with E-state index in [9.17, 15) is 9.59 Å². The summed E-state index contributed by atoms with van der Waals surface area (Å²) in [6, 6.07) is 16.7. The second-order valence-electron chi connectivity index (χ2n) is 7.40. The van der Waals surface area contributed by atoms with Gasteiger partial charge in [-0.3, -0.25) is 19.5 Å². The number of methoxy groups -OCH3 is 1. The van der Waals surface area contributed by atoms with E-state index in [1.165, 1.54) is 11.9 Å². The molecule has 2 atom stereocenters. The molecular weight excluding hydrogens is 382 g/mol. The van der Waals surface area contributed by atoms with Gasteiger partial charge >= 0.3 is 6.03 Å². The number of carbonyl (C=O) groups is 2. The highest BCUT2D eigenvalue weighted by Gasteiger charge is 2.54. The van der Waals surface area contributed by atoms with E-state index in [4.69, 9.17) is 9.73 Å². The van der Waals surface area contributed by atoms with Crippen molar-refractivity contribution in [1.29, 1.82) is 0 Å². The molecule has 0 aliphatic carbocycles. The Kier molecular flexibility index (Phi) is 4.02. The van der Waals surface area contributed by atoms with Gasteiger partial charge in [0.1, 0.15) is 5.75 Å². The Morgan fingerprint density at radius 1 is 0.967 bits per heavy atom. The topological polar surface area (TPSA) is 68.7 Å². The summed E-state index contributed by atoms with van der Waals surface area (Å²) >= 11 is 0. The Labute approximate surface area is 174 Å². The Balaban J connectivity index is 1.63. The lowest BCUT2D eigenvalue weighted by atomic mass is 10.1. The Hall–Kier alpha value is -3.81. The first-order valence-electron chi connectivity index (χ1n) is 9.63. The summed E-state index contributed by atoms with van der Waals surface area (Å²) in [5.41, 5.74) is 2.80. The molecule has 0 N–H and O–H groups in total. The van der Waals surface area contributed by atoms with Crippen LogP contribution in [0.2, 0.25) is 0 Å². The van der Waals surface area contributed by atoms with E-state index in [0.717, 1.165) is 27.6 Å². The third-order valence-electron chi connectivity index (χ3n) is 5.73. The number of urea groups is 1. The average Bonchev–Trinajstić information content (AvgIpc) is 3.33. The second-order valence-corrected chi connectivity index (χ2v) is 7.40. The number of aliphatic imine (C=N–C) groups is 1. The van der Waals surface area contributed by atoms with Crippen LogP contribution in [-0.4, -0.2) is 66.0 Å². The number of fused-ring (bicyclic) bond motifs is 3. The number of hydrogen-bond acceptors (Lipinski definition) is 6. The molecule has 30 heavy (non-hydrogen) atoms. The van der Waals surface area contributed by atoms with Crippen LogP contribution in [0, 0.1) is 0 Å². The molecule has 1 saturated heterocycles. The molecule has 0 radical (unpaired) electrons. The van der Waals surface area contributed by atoms with Crippen molar-refractivity contribution in [3.05, 3.63) is 66.4 Å². The minimum atomic E-state index is -0.588. The van der Waals surface area contributed by atoms with Crippen LogP contribution in [0.3, 0.4) is 0 Å². The van der Waals surface area contributed by atoms with Crippen LogP contribution in [0.1, 0.15) is 5.56 Å². The molecule has 8 nitrogen and oxygen atoms in total. The molecule has 2 aromatic rings. The molecule has 0 bridgehead atoms. The van der Waals surface area contributed by atoms with Gasteiger partial charge < -0.3 is 9.64 Å². The first kappa shape index (κ1) is 18.2. The van der Waals surface area contributed by atoms with Crippen molar-refractivity contribution in [1.82, 2.24) is 14.7 Å². The van der Waals surface area contributed by atoms with E-state index in [0.29, 0.717) is 5.96 Å². The average molecular weight is 403 g/mol. The minimum Gasteiger partial charge on any atom is -0.497 e. The zero-order valence-corrected chi connectivity index (χ0v) is 16.9. The lowest BCUT2D eigenvalue weighted by Gasteiger charge is -2.38. The molecule has 2 unspecified atom stereocenters. The quantitative estimate of drug-likeness (QED) is 0.787. The highest BCUT2D eigenvalue weighted by Crippen LogP contribution is 2.40. The largest absolute Gasteiger partial charge is 0.497 e. The van der Waals surface area contributed by atoms with Crippen LogP contribution in [0.5, 0.6) is 5.75 Å². The van der Waals surface area contributed by atoms with E-state index < -0.39 is 12.2 Å². The zero-order chi connectivity index (χ0) is 21.0. The number of hydrogen-bond donors (Lipinski definition) is 0. The van der Waals surface area contributed by atoms with Crippen molar-refractivity contribution in [3.8, 4) is 5.75 Å². The van der Waals surface area contributed by atoms with Gasteiger partial charge in [0.05, 0.1) is 12.8 Å². The van der Waals surface area contributed by atoms with Gasteiger partial charge in [0.15, 0.2) is 12.2 Å². The smallest absolute Gasteiger partial charge is 0.328 e. The van der Waals surface area contributed by atoms with Crippen molar-refractivity contribution in [2.75, 3.05) is 26.1 Å². The number of guanidine groups is 1. The standard InChI is InChI=1S/C22H21N5O3/c1-24-19-18(20(28)25(2)22(24)29)26-13-17(14-7-5-4-6-8-14)27(21(26)23-19)15-9-11-16(30-3)12-10-15/h4-13,18-19H,1-3H3. The fourth-order valence-corrected chi connectivity index (χ4v) is 4.12. The summed E-state index contributed by atoms with van der Waals surface area (Å²) in [6.07, 6.45) is 1.38. The Morgan fingerprint density at radius 3 is 2.33 bits per heavy atom. The fourth-order valence-electron chi connectivity index (χ4n) is 4.12. The zero-order valence-electron chi connectivity index (χ0n) is 16.9. The maximum absolute atomic E-state index is 13.0. The monoisotopic (exact) mass is 403 g/mol. The fraction of sp³-hybridized carbons (Fsp3) is 0.227. The minimum absolute atomic E-state index is 0.262. The SMILES string of the molecule is COc1ccc(N2C(c3ccccc3)=CN3C2=NC2C3C(=O)N(C)C(=O)N2C)cc1. The summed E-state index contributed by atoms with van der Waals surface area (Å²) in [5.74, 6) is 1.11. The van der Waals surface area contributed by atoms with E-state index in [-0.39, 0.29) is 11.9 Å². The predicted molar refractivity (Wildman–Crippen MR) is 113 cm³/mol. The third kappa shape index (κ3) is 2.50. The highest BCUT2D eigenvalue weighted by atomic mass is 16.5. The molecule has 152 valence electrons. The molecule has 2 aromatic carbocycles. The summed E-state index contributed by atoms with van der Waals surface area (Å²) in [6.45, 7) is 0. The molecule has 3 aliphatic rings. The van der Waals surface area contributed by atoms with Crippen molar-refractivity contribution < 1.29 is 14.3 Å². The van der Waals surface area contributed by atoms with Crippen molar-refractivity contribution in [3.63, 3.8) is 0 Å². The summed E-state index contributed by atoms with van der Waals surface area (Å²) in [7, 11) is 4.81. The first-order valence-corrected chi connectivity index (χ1v) is 9.63. The number of anilines is 1. The highest BCUT2D eigenvalue weighted by molar-refractivity contribution is 6.16. The van der Waals surface area contributed by atoms with Crippen LogP contribution in [0.4, 0.5) is 10.5 Å². The number of carbonyl (C=O) groups excluding carboxylic acids is 2. The molecule has 0 spiro atoms. The van der Waals surface area contributed by atoms with Gasteiger partial charge in [0.2, 0.25) is 5.96 Å². The van der Waals surface area contributed by atoms with Crippen LogP contribution in [0.15, 0.2) is 65.8 Å². The Bertz CT molecular complexity index is 1080. The molecule has 0 saturated carbocycles. The summed E-state index contributed by atoms with van der Waals surface area (Å²) in [4.78, 5) is 36.7. The number of amides is 3. The second kappa shape index (κ2) is 6.62. The van der Waals surface area contributed by atoms with Crippen molar-refractivity contribution in [2.24, 2.45) is 4.99 Å². The molecule has 3 heterocycles. The normalized spacial score (nSPS) is 22.8. The molecule has 3 aliphatic heterocycles. The van der Waals surface area contributed by atoms with E-state index >= 15 is 0 Å². The molecule has 3 amide bonds. The van der Waals surface area contributed by atoms with Gasteiger partial charge in [0, 0.05) is 31.5 Å². The van der Waals surface area contributed by atoms with Crippen molar-refractivity contribution in [2.45, 2.75) is 12.2 Å². The van der Waals surface area contributed by atoms with E-state index in [1.54, 1.807) is 14.2 Å². The molecular formula is C22H21N5O3. The Morgan fingerprint density at radius 2 is 1.67 bits per heavy atom. The predicted octanol–water partition coefficient (Wildman–Crippen LogP) is 2.40.